The Morgan fingerprint density at radius 3 is 2.94 bits per heavy atom. The number of rotatable bonds is 7. The Morgan fingerprint density at radius 2 is 2.38 bits per heavy atom. The van der Waals surface area contributed by atoms with Gasteiger partial charge in [-0.3, -0.25) is 0 Å². The Balaban J connectivity index is 2.19. The number of carbonyl (C=O) groups is 1. The van der Waals surface area contributed by atoms with Gasteiger partial charge in [0.05, 0.1) is 0 Å². The van der Waals surface area contributed by atoms with Gasteiger partial charge in [0, 0.05) is 12.7 Å². The summed E-state index contributed by atoms with van der Waals surface area (Å²) in [5.41, 5.74) is -0.0826. The van der Waals surface area contributed by atoms with Gasteiger partial charge in [0.2, 0.25) is 0 Å². The van der Waals surface area contributed by atoms with Crippen LogP contribution in [-0.2, 0) is 11.3 Å². The van der Waals surface area contributed by atoms with E-state index in [0.717, 1.165) is 12.8 Å². The first kappa shape index (κ1) is 12.7. The maximum Gasteiger partial charge on any atom is 0.358 e. The van der Waals surface area contributed by atoms with Crippen LogP contribution in [0.15, 0.2) is 10.6 Å². The molecule has 1 N–H and O–H groups in total. The van der Waals surface area contributed by atoms with E-state index in [4.69, 9.17) is 14.4 Å². The van der Waals surface area contributed by atoms with Crippen LogP contribution in [0.1, 0.15) is 42.9 Å². The quantitative estimate of drug-likeness (QED) is 0.724. The van der Waals surface area contributed by atoms with Crippen LogP contribution in [0.3, 0.4) is 0 Å². The summed E-state index contributed by atoms with van der Waals surface area (Å²) in [7, 11) is 0. The molecule has 1 aromatic rings. The van der Waals surface area contributed by atoms with E-state index >= 15 is 0 Å². The summed E-state index contributed by atoms with van der Waals surface area (Å²) in [5.74, 6) is 0.0317. The Bertz CT molecular complexity index is 332. The van der Waals surface area contributed by atoms with Crippen molar-refractivity contribution in [2.75, 3.05) is 6.61 Å². The molecule has 0 aliphatic rings. The Morgan fingerprint density at radius 1 is 1.62 bits per heavy atom. The van der Waals surface area contributed by atoms with Crippen LogP contribution in [0.5, 0.6) is 0 Å². The number of aromatic nitrogens is 1. The number of aromatic carboxylic acids is 1. The average Bonchev–Trinajstić information content (AvgIpc) is 2.65. The van der Waals surface area contributed by atoms with E-state index < -0.39 is 5.97 Å². The maximum atomic E-state index is 10.5. The molecule has 1 rings (SSSR count). The Labute approximate surface area is 94.4 Å². The van der Waals surface area contributed by atoms with E-state index in [9.17, 15) is 4.79 Å². The second-order valence-corrected chi connectivity index (χ2v) is 4.07. The number of hydrogen-bond donors (Lipinski definition) is 1. The fourth-order valence-electron chi connectivity index (χ4n) is 1.25. The second-order valence-electron chi connectivity index (χ2n) is 4.07. The molecule has 0 fully saturated rings. The fourth-order valence-corrected chi connectivity index (χ4v) is 1.25. The van der Waals surface area contributed by atoms with Gasteiger partial charge >= 0.3 is 5.97 Å². The van der Waals surface area contributed by atoms with Crippen molar-refractivity contribution >= 4 is 5.97 Å². The van der Waals surface area contributed by atoms with Crippen LogP contribution < -0.4 is 0 Å². The molecule has 0 atom stereocenters. The fraction of sp³-hybridized carbons (Fsp3) is 0.636. The van der Waals surface area contributed by atoms with Gasteiger partial charge in [-0.1, -0.05) is 19.0 Å². The van der Waals surface area contributed by atoms with E-state index in [1.165, 1.54) is 6.07 Å². The maximum absolute atomic E-state index is 10.5. The van der Waals surface area contributed by atoms with Crippen molar-refractivity contribution < 1.29 is 19.2 Å². The third-order valence-corrected chi connectivity index (χ3v) is 2.09. The highest BCUT2D eigenvalue weighted by Gasteiger charge is 2.10. The standard InChI is InChI=1S/C11H17NO4/c1-8(2)4-3-5-15-7-9-6-10(11(13)14)12-16-9/h6,8H,3-5,7H2,1-2H3,(H,13,14). The summed E-state index contributed by atoms with van der Waals surface area (Å²) in [6, 6.07) is 1.38. The molecule has 5 nitrogen and oxygen atoms in total. The highest BCUT2D eigenvalue weighted by molar-refractivity contribution is 5.85. The van der Waals surface area contributed by atoms with Crippen LogP contribution in [-0.4, -0.2) is 22.8 Å². The van der Waals surface area contributed by atoms with Gasteiger partial charge in [-0.2, -0.15) is 0 Å². The molecule has 0 saturated heterocycles. The average molecular weight is 227 g/mol. The van der Waals surface area contributed by atoms with Gasteiger partial charge in [0.1, 0.15) is 6.61 Å². The number of nitrogens with zero attached hydrogens (tertiary/aromatic N) is 1. The normalized spacial score (nSPS) is 10.9. The molecule has 0 aliphatic heterocycles. The zero-order valence-electron chi connectivity index (χ0n) is 9.60. The molecule has 0 radical (unpaired) electrons. The first-order valence-corrected chi connectivity index (χ1v) is 5.36. The summed E-state index contributed by atoms with van der Waals surface area (Å²) < 4.78 is 10.1. The van der Waals surface area contributed by atoms with Crippen molar-refractivity contribution in [2.24, 2.45) is 5.92 Å². The predicted molar refractivity (Wildman–Crippen MR) is 57.2 cm³/mol. The van der Waals surface area contributed by atoms with Gasteiger partial charge in [-0.15, -0.1) is 0 Å². The van der Waals surface area contributed by atoms with E-state index in [-0.39, 0.29) is 12.3 Å². The number of hydrogen-bond acceptors (Lipinski definition) is 4. The van der Waals surface area contributed by atoms with Crippen molar-refractivity contribution in [1.29, 1.82) is 0 Å². The topological polar surface area (TPSA) is 72.6 Å². The zero-order valence-corrected chi connectivity index (χ0v) is 9.60. The molecule has 1 aromatic heterocycles. The zero-order chi connectivity index (χ0) is 12.0. The largest absolute Gasteiger partial charge is 0.476 e. The molecule has 1 heterocycles. The van der Waals surface area contributed by atoms with Gasteiger partial charge in [0.15, 0.2) is 11.5 Å². The van der Waals surface area contributed by atoms with E-state index in [1.807, 2.05) is 0 Å². The van der Waals surface area contributed by atoms with Crippen molar-refractivity contribution in [2.45, 2.75) is 33.3 Å². The van der Waals surface area contributed by atoms with Gasteiger partial charge < -0.3 is 14.4 Å². The van der Waals surface area contributed by atoms with E-state index in [0.29, 0.717) is 18.3 Å². The molecule has 0 unspecified atom stereocenters. The number of carboxylic acids is 1. The molecule has 16 heavy (non-hydrogen) atoms. The molecule has 0 amide bonds. The second kappa shape index (κ2) is 6.27. The lowest BCUT2D eigenvalue weighted by Crippen LogP contribution is -1.97. The minimum absolute atomic E-state index is 0.0826. The molecule has 0 bridgehead atoms. The molecule has 0 aliphatic carbocycles. The Kier molecular flexibility index (Phi) is 4.98. The number of ether oxygens (including phenoxy) is 1. The van der Waals surface area contributed by atoms with Gasteiger partial charge in [0.25, 0.3) is 0 Å². The third-order valence-electron chi connectivity index (χ3n) is 2.09. The highest BCUT2D eigenvalue weighted by atomic mass is 16.5. The predicted octanol–water partition coefficient (Wildman–Crippen LogP) is 2.33. The molecule has 90 valence electrons. The summed E-state index contributed by atoms with van der Waals surface area (Å²) in [6.45, 7) is 5.25. The third kappa shape index (κ3) is 4.44. The lowest BCUT2D eigenvalue weighted by atomic mass is 10.1. The molecular weight excluding hydrogens is 210 g/mol. The summed E-state index contributed by atoms with van der Waals surface area (Å²) in [5, 5.41) is 12.0. The molecule has 5 heteroatoms. The minimum Gasteiger partial charge on any atom is -0.476 e. The first-order valence-electron chi connectivity index (χ1n) is 5.36. The lowest BCUT2D eigenvalue weighted by molar-refractivity contribution is 0.0684. The summed E-state index contributed by atoms with van der Waals surface area (Å²) in [4.78, 5) is 10.5. The van der Waals surface area contributed by atoms with Crippen molar-refractivity contribution in [3.8, 4) is 0 Å². The van der Waals surface area contributed by atoms with E-state index in [1.54, 1.807) is 0 Å². The van der Waals surface area contributed by atoms with Crippen LogP contribution in [0.4, 0.5) is 0 Å². The van der Waals surface area contributed by atoms with Crippen molar-refractivity contribution in [3.63, 3.8) is 0 Å². The lowest BCUT2D eigenvalue weighted by Gasteiger charge is -2.04. The summed E-state index contributed by atoms with van der Waals surface area (Å²) in [6.07, 6.45) is 2.12. The van der Waals surface area contributed by atoms with Gasteiger partial charge in [-0.05, 0) is 18.8 Å². The van der Waals surface area contributed by atoms with Crippen LogP contribution in [0.2, 0.25) is 0 Å². The van der Waals surface area contributed by atoms with Crippen LogP contribution >= 0.6 is 0 Å². The van der Waals surface area contributed by atoms with Crippen LogP contribution in [0, 0.1) is 5.92 Å². The SMILES string of the molecule is CC(C)CCCOCc1cc(C(=O)O)no1. The smallest absolute Gasteiger partial charge is 0.358 e. The molecule has 0 spiro atoms. The molecule has 0 saturated carbocycles. The van der Waals surface area contributed by atoms with Crippen molar-refractivity contribution in [3.05, 3.63) is 17.5 Å². The summed E-state index contributed by atoms with van der Waals surface area (Å²) >= 11 is 0. The van der Waals surface area contributed by atoms with Gasteiger partial charge in [-0.25, -0.2) is 4.79 Å². The molecule has 0 aromatic carbocycles. The minimum atomic E-state index is -1.09. The highest BCUT2D eigenvalue weighted by Crippen LogP contribution is 2.07. The van der Waals surface area contributed by atoms with Crippen molar-refractivity contribution in [1.82, 2.24) is 5.16 Å². The monoisotopic (exact) mass is 227 g/mol. The van der Waals surface area contributed by atoms with E-state index in [2.05, 4.69) is 19.0 Å². The molecular formula is C11H17NO4. The Hall–Kier alpha value is -1.36. The number of carboxylic acid groups (broad SMARTS) is 1. The van der Waals surface area contributed by atoms with Crippen LogP contribution in [0.25, 0.3) is 0 Å². The first-order chi connectivity index (χ1) is 7.59.